The van der Waals surface area contributed by atoms with Gasteiger partial charge in [0.1, 0.15) is 19.3 Å². The standard InChI is InChI=1S/C81H158O17P2/c1-71(2)57-49-41-33-27-21-15-11-9-10-12-18-25-31-37-47-55-63-80(85)97-76(67-91-78(83)61-53-45-36-30-24-17-14-13-16-22-28-34-42-50-58-72(3)4)69-95-99(87,88)93-65-75(82)66-94-100(89,90)96-70-77(68-92-79(84)62-54-46-40-39-44-52-60-74(7)8)98-81(86)64-56-48-38-32-26-20-19-23-29-35-43-51-59-73(5)6/h71-77,82H,9-70H2,1-8H3,(H,87,88)(H,89,90)/t75-,76-,77-/m1/s1. The molecule has 594 valence electrons. The van der Waals surface area contributed by atoms with Crippen molar-refractivity contribution in [2.75, 3.05) is 39.6 Å². The molecule has 0 amide bonds. The van der Waals surface area contributed by atoms with Gasteiger partial charge in [-0.2, -0.15) is 0 Å². The van der Waals surface area contributed by atoms with E-state index in [9.17, 15) is 43.2 Å². The summed E-state index contributed by atoms with van der Waals surface area (Å²) in [6.07, 6.45) is 57.0. The molecule has 0 bridgehead atoms. The maximum Gasteiger partial charge on any atom is 0.472 e. The molecule has 0 heterocycles. The first-order chi connectivity index (χ1) is 48.1. The average molecular weight is 1470 g/mol. The van der Waals surface area contributed by atoms with Gasteiger partial charge in [-0.05, 0) is 49.4 Å². The van der Waals surface area contributed by atoms with E-state index >= 15 is 0 Å². The molecule has 0 aliphatic rings. The normalized spacial score (nSPS) is 14.0. The van der Waals surface area contributed by atoms with Crippen LogP contribution in [0.1, 0.15) is 415 Å². The predicted octanol–water partition coefficient (Wildman–Crippen LogP) is 24.0. The Morgan fingerprint density at radius 3 is 0.620 bits per heavy atom. The number of aliphatic hydroxyl groups excluding tert-OH is 1. The van der Waals surface area contributed by atoms with E-state index in [0.717, 1.165) is 114 Å². The quantitative estimate of drug-likeness (QED) is 0.0222. The zero-order valence-electron chi connectivity index (χ0n) is 65.8. The smallest absolute Gasteiger partial charge is 0.462 e. The lowest BCUT2D eigenvalue weighted by molar-refractivity contribution is -0.161. The van der Waals surface area contributed by atoms with Crippen molar-refractivity contribution in [3.8, 4) is 0 Å². The molecule has 19 heteroatoms. The first-order valence-electron chi connectivity index (χ1n) is 41.7. The van der Waals surface area contributed by atoms with Crippen molar-refractivity contribution in [3.63, 3.8) is 0 Å². The molecule has 2 unspecified atom stereocenters. The fourth-order valence-corrected chi connectivity index (χ4v) is 14.0. The highest BCUT2D eigenvalue weighted by Gasteiger charge is 2.30. The number of esters is 4. The Kier molecular flexibility index (Phi) is 68.7. The van der Waals surface area contributed by atoms with E-state index in [4.69, 9.17) is 37.0 Å². The van der Waals surface area contributed by atoms with Crippen LogP contribution < -0.4 is 0 Å². The van der Waals surface area contributed by atoms with E-state index in [1.807, 2.05) is 0 Å². The monoisotopic (exact) mass is 1470 g/mol. The van der Waals surface area contributed by atoms with E-state index in [0.29, 0.717) is 31.6 Å². The van der Waals surface area contributed by atoms with Gasteiger partial charge in [0, 0.05) is 25.7 Å². The van der Waals surface area contributed by atoms with Gasteiger partial charge in [0.25, 0.3) is 0 Å². The maximum atomic E-state index is 13.1. The third-order valence-electron chi connectivity index (χ3n) is 18.8. The molecule has 17 nitrogen and oxygen atoms in total. The molecule has 0 aromatic heterocycles. The molecule has 0 rings (SSSR count). The summed E-state index contributed by atoms with van der Waals surface area (Å²) < 4.78 is 68.7. The van der Waals surface area contributed by atoms with Gasteiger partial charge in [-0.3, -0.25) is 37.3 Å². The summed E-state index contributed by atoms with van der Waals surface area (Å²) in [6, 6.07) is 0. The minimum Gasteiger partial charge on any atom is -0.462 e. The van der Waals surface area contributed by atoms with Gasteiger partial charge in [-0.15, -0.1) is 0 Å². The third-order valence-corrected chi connectivity index (χ3v) is 20.7. The summed E-state index contributed by atoms with van der Waals surface area (Å²) in [5.41, 5.74) is 0. The van der Waals surface area contributed by atoms with E-state index in [1.165, 1.54) is 212 Å². The first kappa shape index (κ1) is 98.1. The lowest BCUT2D eigenvalue weighted by atomic mass is 10.0. The van der Waals surface area contributed by atoms with Gasteiger partial charge in [-0.1, -0.05) is 364 Å². The first-order valence-corrected chi connectivity index (χ1v) is 44.7. The number of ether oxygens (including phenoxy) is 4. The molecule has 0 fully saturated rings. The highest BCUT2D eigenvalue weighted by molar-refractivity contribution is 7.47. The summed E-state index contributed by atoms with van der Waals surface area (Å²) in [7, 11) is -9.92. The van der Waals surface area contributed by atoms with Crippen LogP contribution in [0.3, 0.4) is 0 Å². The van der Waals surface area contributed by atoms with Crippen LogP contribution in [-0.2, 0) is 65.4 Å². The number of unbranched alkanes of at least 4 members (excludes halogenated alkanes) is 44. The van der Waals surface area contributed by atoms with Gasteiger partial charge >= 0.3 is 39.5 Å². The van der Waals surface area contributed by atoms with Crippen molar-refractivity contribution in [3.05, 3.63) is 0 Å². The second-order valence-corrected chi connectivity index (χ2v) is 34.0. The van der Waals surface area contributed by atoms with Crippen LogP contribution in [0.25, 0.3) is 0 Å². The zero-order valence-corrected chi connectivity index (χ0v) is 67.6. The zero-order chi connectivity index (χ0) is 73.8. The van der Waals surface area contributed by atoms with E-state index in [2.05, 4.69) is 55.4 Å². The molecule has 100 heavy (non-hydrogen) atoms. The van der Waals surface area contributed by atoms with Crippen LogP contribution in [0, 0.1) is 23.7 Å². The fraction of sp³-hybridized carbons (Fsp3) is 0.951. The van der Waals surface area contributed by atoms with Gasteiger partial charge in [0.2, 0.25) is 0 Å². The maximum absolute atomic E-state index is 13.1. The van der Waals surface area contributed by atoms with E-state index in [-0.39, 0.29) is 25.7 Å². The molecule has 0 radical (unpaired) electrons. The highest BCUT2D eigenvalue weighted by atomic mass is 31.2. The van der Waals surface area contributed by atoms with E-state index < -0.39 is 97.5 Å². The lowest BCUT2D eigenvalue weighted by Crippen LogP contribution is -2.30. The SMILES string of the molecule is CC(C)CCCCCCCCCCCCCCCCCCC(=O)O[C@H](COC(=O)CCCCCCCCCCCCCCCCC(C)C)COP(=O)(O)OC[C@@H](O)COP(=O)(O)OC[C@@H](COC(=O)CCCCCCCCC(C)C)OC(=O)CCCCCCCCCCCCCCC(C)C. The van der Waals surface area contributed by atoms with Crippen molar-refractivity contribution in [2.45, 2.75) is 433 Å². The Balaban J connectivity index is 5.23. The second-order valence-electron chi connectivity index (χ2n) is 31.1. The van der Waals surface area contributed by atoms with Gasteiger partial charge in [0.15, 0.2) is 12.2 Å². The highest BCUT2D eigenvalue weighted by Crippen LogP contribution is 2.45. The summed E-state index contributed by atoms with van der Waals surface area (Å²) in [5, 5.41) is 10.6. The fourth-order valence-electron chi connectivity index (χ4n) is 12.4. The minimum absolute atomic E-state index is 0.106. The summed E-state index contributed by atoms with van der Waals surface area (Å²) in [5.74, 6) is 0.949. The molecular formula is C81H158O17P2. The summed E-state index contributed by atoms with van der Waals surface area (Å²) in [6.45, 7) is 14.2. The van der Waals surface area contributed by atoms with Crippen molar-refractivity contribution in [2.24, 2.45) is 23.7 Å². The lowest BCUT2D eigenvalue weighted by Gasteiger charge is -2.21. The van der Waals surface area contributed by atoms with Crippen LogP contribution >= 0.6 is 15.6 Å². The topological polar surface area (TPSA) is 237 Å². The van der Waals surface area contributed by atoms with E-state index in [1.54, 1.807) is 0 Å². The number of rotatable bonds is 78. The Hall–Kier alpha value is -1.94. The second kappa shape index (κ2) is 70.1. The molecule has 0 aliphatic carbocycles. The number of aliphatic hydroxyl groups is 1. The molecule has 0 saturated heterocycles. The number of phosphoric acid groups is 2. The minimum atomic E-state index is -4.96. The Bertz CT molecular complexity index is 1950. The Morgan fingerprint density at radius 1 is 0.250 bits per heavy atom. The number of carbonyl (C=O) groups excluding carboxylic acids is 4. The summed E-state index contributed by atoms with van der Waals surface area (Å²) >= 11 is 0. The van der Waals surface area contributed by atoms with Crippen molar-refractivity contribution in [1.82, 2.24) is 0 Å². The van der Waals surface area contributed by atoms with Crippen molar-refractivity contribution >= 4 is 39.5 Å². The molecule has 3 N–H and O–H groups in total. The van der Waals surface area contributed by atoms with Crippen molar-refractivity contribution in [1.29, 1.82) is 0 Å². The number of phosphoric ester groups is 2. The molecule has 0 aliphatic heterocycles. The molecule has 0 aromatic carbocycles. The molecule has 5 atom stereocenters. The number of hydrogen-bond acceptors (Lipinski definition) is 15. The van der Waals surface area contributed by atoms with Gasteiger partial charge in [0.05, 0.1) is 26.4 Å². The van der Waals surface area contributed by atoms with Crippen LogP contribution in [0.5, 0.6) is 0 Å². The average Bonchev–Trinajstić information content (AvgIpc) is 0.935. The van der Waals surface area contributed by atoms with Gasteiger partial charge in [-0.25, -0.2) is 9.13 Å². The predicted molar refractivity (Wildman–Crippen MR) is 409 cm³/mol. The Morgan fingerprint density at radius 2 is 0.420 bits per heavy atom. The molecule has 0 spiro atoms. The van der Waals surface area contributed by atoms with Crippen LogP contribution in [0.4, 0.5) is 0 Å². The number of carbonyl (C=O) groups is 4. The number of hydrogen-bond donors (Lipinski definition) is 3. The van der Waals surface area contributed by atoms with Crippen LogP contribution in [0.15, 0.2) is 0 Å². The third kappa shape index (κ3) is 74.3. The Labute approximate surface area is 613 Å². The van der Waals surface area contributed by atoms with Crippen LogP contribution in [0.2, 0.25) is 0 Å². The molecule has 0 saturated carbocycles. The van der Waals surface area contributed by atoms with Crippen molar-refractivity contribution < 1.29 is 80.2 Å². The summed E-state index contributed by atoms with van der Waals surface area (Å²) in [4.78, 5) is 73.0. The molecule has 0 aromatic rings. The van der Waals surface area contributed by atoms with Crippen LogP contribution in [-0.4, -0.2) is 96.7 Å². The largest absolute Gasteiger partial charge is 0.472 e. The van der Waals surface area contributed by atoms with Gasteiger partial charge < -0.3 is 33.8 Å². The molecular weight excluding hydrogens is 1310 g/mol.